The van der Waals surface area contributed by atoms with Gasteiger partial charge < -0.3 is 9.40 Å². The summed E-state index contributed by atoms with van der Waals surface area (Å²) in [4.78, 5) is 31.8. The van der Waals surface area contributed by atoms with Crippen molar-refractivity contribution in [2.75, 3.05) is 5.75 Å². The van der Waals surface area contributed by atoms with Gasteiger partial charge in [0, 0.05) is 30.1 Å². The second kappa shape index (κ2) is 12.2. The second-order valence-corrected chi connectivity index (χ2v) is 11.2. The number of rotatable bonds is 10. The number of benzene rings is 2. The molecule has 0 aliphatic heterocycles. The topological polar surface area (TPSA) is 102 Å². The van der Waals surface area contributed by atoms with Gasteiger partial charge >= 0.3 is 0 Å². The van der Waals surface area contributed by atoms with Crippen LogP contribution in [0.5, 0.6) is 0 Å². The van der Waals surface area contributed by atoms with Gasteiger partial charge in [-0.05, 0) is 68.4 Å². The molecule has 0 amide bonds. The number of hydrogen-bond acceptors (Lipinski definition) is 7. The molecule has 5 rings (SSSR count). The number of fused-ring (bicyclic) bond motifs is 1. The number of halogens is 2. The highest BCUT2D eigenvalue weighted by Crippen LogP contribution is 2.38. The van der Waals surface area contributed by atoms with Gasteiger partial charge in [0.2, 0.25) is 11.8 Å². The number of ketones is 1. The Morgan fingerprint density at radius 2 is 1.92 bits per heavy atom. The highest BCUT2D eigenvalue weighted by molar-refractivity contribution is 7.99. The summed E-state index contributed by atoms with van der Waals surface area (Å²) in [5.74, 6) is 2.15. The lowest BCUT2D eigenvalue weighted by molar-refractivity contribution is -0.118. The van der Waals surface area contributed by atoms with Gasteiger partial charge in [0.25, 0.3) is 5.56 Å². The SMILES string of the molecule is O=C(CCCC1CCC(c2nnc(-c3ccc(F)c(Cl)c3)o2)CC1)CCSc1nc2ccccc2c(=O)[nH]1. The Morgan fingerprint density at radius 3 is 2.74 bits per heavy atom. The number of H-pyrrole nitrogens is 1. The van der Waals surface area contributed by atoms with Crippen molar-refractivity contribution in [2.24, 2.45) is 5.92 Å². The third-order valence-corrected chi connectivity index (χ3v) is 8.25. The normalized spacial score (nSPS) is 17.6. The van der Waals surface area contributed by atoms with Gasteiger partial charge in [0.05, 0.1) is 15.9 Å². The first-order valence-electron chi connectivity index (χ1n) is 12.9. The van der Waals surface area contributed by atoms with E-state index < -0.39 is 5.82 Å². The van der Waals surface area contributed by atoms with Crippen LogP contribution in [-0.2, 0) is 4.79 Å². The molecular weight excluding hydrogens is 527 g/mol. The molecule has 0 saturated heterocycles. The Bertz CT molecular complexity index is 1480. The van der Waals surface area contributed by atoms with E-state index in [9.17, 15) is 14.0 Å². The smallest absolute Gasteiger partial charge is 0.259 e. The molecule has 0 bridgehead atoms. The molecule has 198 valence electrons. The lowest BCUT2D eigenvalue weighted by atomic mass is 9.79. The van der Waals surface area contributed by atoms with Gasteiger partial charge in [-0.1, -0.05) is 41.9 Å². The Hall–Kier alpha value is -3.04. The van der Waals surface area contributed by atoms with E-state index in [1.807, 2.05) is 18.2 Å². The molecular formula is C28H28ClFN4O3S. The van der Waals surface area contributed by atoms with Crippen molar-refractivity contribution in [3.05, 3.63) is 69.5 Å². The zero-order chi connectivity index (χ0) is 26.5. The van der Waals surface area contributed by atoms with Crippen molar-refractivity contribution < 1.29 is 13.6 Å². The summed E-state index contributed by atoms with van der Waals surface area (Å²) in [5.41, 5.74) is 1.11. The molecule has 4 aromatic rings. The van der Waals surface area contributed by atoms with E-state index in [-0.39, 0.29) is 22.3 Å². The zero-order valence-electron chi connectivity index (χ0n) is 20.8. The second-order valence-electron chi connectivity index (χ2n) is 9.71. The lowest BCUT2D eigenvalue weighted by Gasteiger charge is -2.26. The maximum atomic E-state index is 13.4. The van der Waals surface area contributed by atoms with Gasteiger partial charge in [0.15, 0.2) is 5.16 Å². The molecule has 10 heteroatoms. The molecule has 1 fully saturated rings. The van der Waals surface area contributed by atoms with E-state index in [4.69, 9.17) is 16.0 Å². The minimum atomic E-state index is -0.482. The molecule has 1 saturated carbocycles. The van der Waals surface area contributed by atoms with E-state index in [2.05, 4.69) is 20.2 Å². The molecule has 2 aromatic heterocycles. The number of hydrogen-bond donors (Lipinski definition) is 1. The molecule has 0 spiro atoms. The number of para-hydroxylation sites is 1. The highest BCUT2D eigenvalue weighted by Gasteiger charge is 2.26. The number of carbonyl (C=O) groups excluding carboxylic acids is 1. The number of Topliss-reactive ketones (excluding diaryl/α,β-unsaturated/α-hetero) is 1. The summed E-state index contributed by atoms with van der Waals surface area (Å²) < 4.78 is 19.3. The molecule has 1 aliphatic carbocycles. The predicted octanol–water partition coefficient (Wildman–Crippen LogP) is 6.96. The van der Waals surface area contributed by atoms with Crippen LogP contribution in [0.25, 0.3) is 22.4 Å². The zero-order valence-corrected chi connectivity index (χ0v) is 22.4. The number of thioether (sulfide) groups is 1. The number of aromatic nitrogens is 4. The fraction of sp³-hybridized carbons (Fsp3) is 0.393. The van der Waals surface area contributed by atoms with Crippen molar-refractivity contribution >= 4 is 40.0 Å². The van der Waals surface area contributed by atoms with Crippen molar-refractivity contribution in [1.82, 2.24) is 20.2 Å². The Balaban J connectivity index is 1.01. The number of nitrogens with one attached hydrogen (secondary N) is 1. The van der Waals surface area contributed by atoms with Crippen LogP contribution in [0.2, 0.25) is 5.02 Å². The molecule has 38 heavy (non-hydrogen) atoms. The molecule has 7 nitrogen and oxygen atoms in total. The van der Waals surface area contributed by atoms with E-state index in [0.717, 1.165) is 38.5 Å². The molecule has 0 radical (unpaired) electrons. The van der Waals surface area contributed by atoms with Gasteiger partial charge in [-0.25, -0.2) is 9.37 Å². The van der Waals surface area contributed by atoms with E-state index in [0.29, 0.717) is 57.9 Å². The molecule has 0 atom stereocenters. The van der Waals surface area contributed by atoms with Crippen LogP contribution in [-0.4, -0.2) is 31.7 Å². The van der Waals surface area contributed by atoms with Crippen LogP contribution in [0.3, 0.4) is 0 Å². The molecule has 2 heterocycles. The third kappa shape index (κ3) is 6.50. The van der Waals surface area contributed by atoms with Gasteiger partial charge in [-0.2, -0.15) is 0 Å². The minimum absolute atomic E-state index is 0.0262. The summed E-state index contributed by atoms with van der Waals surface area (Å²) in [6, 6.07) is 11.6. The van der Waals surface area contributed by atoms with Crippen LogP contribution in [0.1, 0.15) is 63.2 Å². The summed E-state index contributed by atoms with van der Waals surface area (Å²) in [7, 11) is 0. The fourth-order valence-electron chi connectivity index (χ4n) is 4.95. The standard InChI is InChI=1S/C28H28ClFN4O3S/c29-22-16-19(12-13-23(22)30)27-34-33-26(37-27)18-10-8-17(9-11-18)4-3-5-20(35)14-15-38-28-31-24-7-2-1-6-21(24)25(36)32-28/h1-2,6-7,12-13,16-18H,3-5,8-11,14-15H2,(H,31,32,36). The monoisotopic (exact) mass is 554 g/mol. The van der Waals surface area contributed by atoms with Crippen molar-refractivity contribution in [3.8, 4) is 11.5 Å². The largest absolute Gasteiger partial charge is 0.420 e. The fourth-order valence-corrected chi connectivity index (χ4v) is 5.98. The van der Waals surface area contributed by atoms with E-state index in [1.54, 1.807) is 12.1 Å². The van der Waals surface area contributed by atoms with Crippen molar-refractivity contribution in [1.29, 1.82) is 0 Å². The first-order chi connectivity index (χ1) is 18.5. The van der Waals surface area contributed by atoms with Crippen LogP contribution >= 0.6 is 23.4 Å². The minimum Gasteiger partial charge on any atom is -0.420 e. The predicted molar refractivity (Wildman–Crippen MR) is 146 cm³/mol. The molecule has 0 unspecified atom stereocenters. The molecule has 1 N–H and O–H groups in total. The van der Waals surface area contributed by atoms with Gasteiger partial charge in [-0.3, -0.25) is 9.59 Å². The third-order valence-electron chi connectivity index (χ3n) is 7.08. The quantitative estimate of drug-likeness (QED) is 0.167. The van der Waals surface area contributed by atoms with Gasteiger partial charge in [-0.15, -0.1) is 10.2 Å². The Kier molecular flexibility index (Phi) is 8.54. The number of nitrogens with zero attached hydrogens (tertiary/aromatic N) is 3. The Labute approximate surface area is 228 Å². The average molecular weight is 555 g/mol. The highest BCUT2D eigenvalue weighted by atomic mass is 35.5. The van der Waals surface area contributed by atoms with Crippen molar-refractivity contribution in [3.63, 3.8) is 0 Å². The lowest BCUT2D eigenvalue weighted by Crippen LogP contribution is -2.14. The summed E-state index contributed by atoms with van der Waals surface area (Å²) in [6.45, 7) is 0. The summed E-state index contributed by atoms with van der Waals surface area (Å²) in [6.07, 6.45) is 7.04. The van der Waals surface area contributed by atoms with E-state index >= 15 is 0 Å². The molecule has 1 aliphatic rings. The van der Waals surface area contributed by atoms with Crippen LogP contribution < -0.4 is 5.56 Å². The average Bonchev–Trinajstić information content (AvgIpc) is 3.41. The maximum absolute atomic E-state index is 13.4. The first-order valence-corrected chi connectivity index (χ1v) is 14.2. The van der Waals surface area contributed by atoms with Crippen LogP contribution in [0, 0.1) is 11.7 Å². The van der Waals surface area contributed by atoms with Crippen LogP contribution in [0.4, 0.5) is 4.39 Å². The Morgan fingerprint density at radius 1 is 1.11 bits per heavy atom. The van der Waals surface area contributed by atoms with E-state index in [1.165, 1.54) is 23.9 Å². The number of aromatic amines is 1. The summed E-state index contributed by atoms with van der Waals surface area (Å²) in [5, 5.41) is 9.49. The number of carbonyl (C=O) groups is 1. The maximum Gasteiger partial charge on any atom is 0.259 e. The molecule has 2 aromatic carbocycles. The van der Waals surface area contributed by atoms with Gasteiger partial charge in [0.1, 0.15) is 11.6 Å². The first kappa shape index (κ1) is 26.6. The van der Waals surface area contributed by atoms with Crippen molar-refractivity contribution in [2.45, 2.75) is 62.4 Å². The van der Waals surface area contributed by atoms with Crippen LogP contribution in [0.15, 0.2) is 56.8 Å². The summed E-state index contributed by atoms with van der Waals surface area (Å²) >= 11 is 7.28.